The van der Waals surface area contributed by atoms with Crippen LogP contribution in [-0.4, -0.2) is 33.3 Å². The van der Waals surface area contributed by atoms with E-state index in [4.69, 9.17) is 4.74 Å². The lowest BCUT2D eigenvalue weighted by Gasteiger charge is -2.15. The van der Waals surface area contributed by atoms with Crippen molar-refractivity contribution < 1.29 is 29.8 Å². The third kappa shape index (κ3) is 3.54. The molecule has 0 amide bonds. The Kier molecular flexibility index (Phi) is 4.88. The van der Waals surface area contributed by atoms with E-state index in [0.717, 1.165) is 12.1 Å². The molecule has 8 nitrogen and oxygen atoms in total. The first-order valence-electron chi connectivity index (χ1n) is 6.89. The summed E-state index contributed by atoms with van der Waals surface area (Å²) in [5, 5.41) is 39.9. The van der Waals surface area contributed by atoms with E-state index in [0.29, 0.717) is 5.56 Å². The molecule has 0 aromatic heterocycles. The minimum Gasteiger partial charge on any atom is -0.508 e. The number of carboxylic acids is 1. The monoisotopic (exact) mass is 333 g/mol. The number of benzene rings is 2. The molecule has 0 aliphatic carbocycles. The molecule has 0 saturated heterocycles. The topological polar surface area (TPSA) is 130 Å². The summed E-state index contributed by atoms with van der Waals surface area (Å²) in [6, 6.07) is 7.77. The van der Waals surface area contributed by atoms with Crippen LogP contribution in [0.25, 0.3) is 0 Å². The number of rotatable bonds is 6. The number of nitro groups is 1. The number of nitrogens with zero attached hydrogens (tertiary/aromatic N) is 1. The van der Waals surface area contributed by atoms with Crippen LogP contribution in [0.3, 0.4) is 0 Å². The van der Waals surface area contributed by atoms with Crippen molar-refractivity contribution in [3.8, 4) is 17.2 Å². The van der Waals surface area contributed by atoms with Gasteiger partial charge in [0.05, 0.1) is 24.0 Å². The number of hydrogen-bond donors (Lipinski definition) is 3. The van der Waals surface area contributed by atoms with E-state index in [9.17, 15) is 30.2 Å². The standard InChI is InChI=1S/C16H15NO7/c1-24-14-8-11(17(22)23)6-10(15(14)19)7-13(16(20)21)9-2-4-12(18)5-3-9/h2-6,8,13,18-19H,7H2,1H3,(H,20,21). The molecule has 1 unspecified atom stereocenters. The van der Waals surface area contributed by atoms with Crippen LogP contribution in [0.4, 0.5) is 5.69 Å². The lowest BCUT2D eigenvalue weighted by atomic mass is 9.91. The molecule has 3 N–H and O–H groups in total. The third-order valence-corrected chi connectivity index (χ3v) is 3.59. The molecule has 0 aliphatic rings. The van der Waals surface area contributed by atoms with Crippen LogP contribution in [0.5, 0.6) is 17.2 Å². The summed E-state index contributed by atoms with van der Waals surface area (Å²) in [7, 11) is 1.25. The van der Waals surface area contributed by atoms with Gasteiger partial charge in [-0.15, -0.1) is 0 Å². The normalized spacial score (nSPS) is 11.7. The van der Waals surface area contributed by atoms with Crippen LogP contribution in [0.2, 0.25) is 0 Å². The van der Waals surface area contributed by atoms with Gasteiger partial charge in [0, 0.05) is 11.6 Å². The molecule has 8 heteroatoms. The Labute approximate surface area is 136 Å². The fraction of sp³-hybridized carbons (Fsp3) is 0.188. The highest BCUT2D eigenvalue weighted by Gasteiger charge is 2.25. The first kappa shape index (κ1) is 17.1. The number of methoxy groups -OCH3 is 1. The molecule has 1 atom stereocenters. The van der Waals surface area contributed by atoms with Crippen molar-refractivity contribution in [1.82, 2.24) is 0 Å². The highest BCUT2D eigenvalue weighted by atomic mass is 16.6. The van der Waals surface area contributed by atoms with Crippen molar-refractivity contribution in [2.75, 3.05) is 7.11 Å². The maximum absolute atomic E-state index is 11.6. The summed E-state index contributed by atoms with van der Waals surface area (Å²) >= 11 is 0. The number of aromatic hydroxyl groups is 2. The Morgan fingerprint density at radius 3 is 2.38 bits per heavy atom. The van der Waals surface area contributed by atoms with Crippen LogP contribution in [0.15, 0.2) is 36.4 Å². The van der Waals surface area contributed by atoms with E-state index in [1.807, 2.05) is 0 Å². The van der Waals surface area contributed by atoms with Crippen LogP contribution in [0, 0.1) is 10.1 Å². The van der Waals surface area contributed by atoms with Crippen LogP contribution >= 0.6 is 0 Å². The molecule has 24 heavy (non-hydrogen) atoms. The van der Waals surface area contributed by atoms with Gasteiger partial charge in [-0.2, -0.15) is 0 Å². The van der Waals surface area contributed by atoms with Gasteiger partial charge in [0.15, 0.2) is 11.5 Å². The zero-order chi connectivity index (χ0) is 17.9. The lowest BCUT2D eigenvalue weighted by Crippen LogP contribution is -2.14. The van der Waals surface area contributed by atoms with Crippen molar-refractivity contribution in [2.24, 2.45) is 0 Å². The Morgan fingerprint density at radius 1 is 1.25 bits per heavy atom. The quantitative estimate of drug-likeness (QED) is 0.546. The number of hydrogen-bond acceptors (Lipinski definition) is 6. The first-order chi connectivity index (χ1) is 11.3. The number of phenolic OH excluding ortho intramolecular Hbond substituents is 2. The van der Waals surface area contributed by atoms with E-state index < -0.39 is 16.8 Å². The number of nitro benzene ring substituents is 1. The van der Waals surface area contributed by atoms with Crippen molar-refractivity contribution in [3.63, 3.8) is 0 Å². The Balaban J connectivity index is 2.46. The second kappa shape index (κ2) is 6.86. The number of non-ortho nitro benzene ring substituents is 1. The number of carbonyl (C=O) groups is 1. The zero-order valence-corrected chi connectivity index (χ0v) is 12.7. The predicted molar refractivity (Wildman–Crippen MR) is 83.5 cm³/mol. The molecular weight excluding hydrogens is 318 g/mol. The molecule has 0 radical (unpaired) electrons. The van der Waals surface area contributed by atoms with Crippen molar-refractivity contribution in [2.45, 2.75) is 12.3 Å². The fourth-order valence-electron chi connectivity index (χ4n) is 2.34. The minimum absolute atomic E-state index is 0.0113. The van der Waals surface area contributed by atoms with Crippen molar-refractivity contribution in [1.29, 1.82) is 0 Å². The Bertz CT molecular complexity index is 771. The molecule has 0 heterocycles. The maximum Gasteiger partial charge on any atom is 0.311 e. The number of ether oxygens (including phenoxy) is 1. The summed E-state index contributed by atoms with van der Waals surface area (Å²) in [6.45, 7) is 0. The molecule has 0 bridgehead atoms. The average molecular weight is 333 g/mol. The summed E-state index contributed by atoms with van der Waals surface area (Å²) < 4.78 is 4.91. The van der Waals surface area contributed by atoms with Gasteiger partial charge in [0.1, 0.15) is 5.75 Å². The van der Waals surface area contributed by atoms with Gasteiger partial charge in [-0.1, -0.05) is 12.1 Å². The highest BCUT2D eigenvalue weighted by Crippen LogP contribution is 2.37. The SMILES string of the molecule is COc1cc([N+](=O)[O-])cc(CC(C(=O)O)c2ccc(O)cc2)c1O. The summed E-state index contributed by atoms with van der Waals surface area (Å²) in [5.74, 6) is -2.67. The molecule has 0 spiro atoms. The van der Waals surface area contributed by atoms with Crippen LogP contribution in [-0.2, 0) is 11.2 Å². The number of phenols is 2. The predicted octanol–water partition coefficient (Wildman–Crippen LogP) is 2.43. The van der Waals surface area contributed by atoms with E-state index in [2.05, 4.69) is 0 Å². The number of aliphatic carboxylic acids is 1. The van der Waals surface area contributed by atoms with Gasteiger partial charge in [-0.05, 0) is 24.1 Å². The summed E-state index contributed by atoms with van der Waals surface area (Å²) in [6.07, 6.45) is -0.177. The second-order valence-corrected chi connectivity index (χ2v) is 5.10. The number of carboxylic acid groups (broad SMARTS) is 1. The van der Waals surface area contributed by atoms with Gasteiger partial charge < -0.3 is 20.1 Å². The van der Waals surface area contributed by atoms with Gasteiger partial charge in [0.2, 0.25) is 0 Å². The van der Waals surface area contributed by atoms with E-state index >= 15 is 0 Å². The molecule has 126 valence electrons. The van der Waals surface area contributed by atoms with Gasteiger partial charge in [0.25, 0.3) is 5.69 Å². The first-order valence-corrected chi connectivity index (χ1v) is 6.89. The maximum atomic E-state index is 11.6. The Hall–Kier alpha value is -3.29. The fourth-order valence-corrected chi connectivity index (χ4v) is 2.34. The third-order valence-electron chi connectivity index (χ3n) is 3.59. The van der Waals surface area contributed by atoms with Gasteiger partial charge in [-0.25, -0.2) is 0 Å². The molecule has 2 aromatic carbocycles. The molecule has 2 rings (SSSR count). The molecule has 2 aromatic rings. The van der Waals surface area contributed by atoms with Crippen LogP contribution in [0.1, 0.15) is 17.0 Å². The van der Waals surface area contributed by atoms with E-state index in [-0.39, 0.29) is 34.9 Å². The Morgan fingerprint density at radius 2 is 1.88 bits per heavy atom. The highest BCUT2D eigenvalue weighted by molar-refractivity contribution is 5.77. The molecule has 0 aliphatic heterocycles. The molecule has 0 saturated carbocycles. The molecular formula is C16H15NO7. The van der Waals surface area contributed by atoms with Gasteiger partial charge >= 0.3 is 5.97 Å². The van der Waals surface area contributed by atoms with Crippen molar-refractivity contribution in [3.05, 3.63) is 57.6 Å². The largest absolute Gasteiger partial charge is 0.508 e. The van der Waals surface area contributed by atoms with E-state index in [1.54, 1.807) is 0 Å². The summed E-state index contributed by atoms with van der Waals surface area (Å²) in [4.78, 5) is 21.9. The van der Waals surface area contributed by atoms with Crippen molar-refractivity contribution >= 4 is 11.7 Å². The minimum atomic E-state index is -1.16. The molecule has 0 fully saturated rings. The second-order valence-electron chi connectivity index (χ2n) is 5.10. The van der Waals surface area contributed by atoms with E-state index in [1.165, 1.54) is 31.4 Å². The smallest absolute Gasteiger partial charge is 0.311 e. The lowest BCUT2D eigenvalue weighted by molar-refractivity contribution is -0.385. The van der Waals surface area contributed by atoms with Crippen LogP contribution < -0.4 is 4.74 Å². The zero-order valence-electron chi connectivity index (χ0n) is 12.7. The van der Waals surface area contributed by atoms with Gasteiger partial charge in [-0.3, -0.25) is 14.9 Å². The average Bonchev–Trinajstić information content (AvgIpc) is 2.54. The summed E-state index contributed by atoms with van der Waals surface area (Å²) in [5.41, 5.74) is 0.168.